The van der Waals surface area contributed by atoms with Crippen LogP contribution in [0.15, 0.2) is 41.4 Å². The molecular formula is C18H19F3N4O2S. The Morgan fingerprint density at radius 2 is 2.18 bits per heavy atom. The van der Waals surface area contributed by atoms with Gasteiger partial charge in [-0.25, -0.2) is 4.98 Å². The number of amides is 1. The number of nitrogens with one attached hydrogen (secondary N) is 1. The van der Waals surface area contributed by atoms with Crippen LogP contribution in [0.2, 0.25) is 0 Å². The van der Waals surface area contributed by atoms with Crippen molar-refractivity contribution in [3.05, 3.63) is 47.7 Å². The van der Waals surface area contributed by atoms with Crippen LogP contribution in [0.25, 0.3) is 0 Å². The zero-order valence-electron chi connectivity index (χ0n) is 15.0. The molecule has 0 unspecified atom stereocenters. The highest BCUT2D eigenvalue weighted by Gasteiger charge is 2.33. The minimum absolute atomic E-state index is 0.119. The van der Waals surface area contributed by atoms with Crippen molar-refractivity contribution in [2.24, 2.45) is 5.14 Å². The van der Waals surface area contributed by atoms with Crippen molar-refractivity contribution in [3.8, 4) is 0 Å². The van der Waals surface area contributed by atoms with Crippen molar-refractivity contribution < 1.29 is 22.7 Å². The molecule has 0 saturated carbocycles. The van der Waals surface area contributed by atoms with Crippen LogP contribution < -0.4 is 15.4 Å². The van der Waals surface area contributed by atoms with Gasteiger partial charge in [0, 0.05) is 29.9 Å². The molecule has 0 spiro atoms. The van der Waals surface area contributed by atoms with Crippen molar-refractivity contribution in [1.29, 1.82) is 0 Å². The number of morpholine rings is 1. The van der Waals surface area contributed by atoms with Gasteiger partial charge in [-0.05, 0) is 43.1 Å². The summed E-state index contributed by atoms with van der Waals surface area (Å²) in [4.78, 5) is 19.3. The lowest BCUT2D eigenvalue weighted by molar-refractivity contribution is -0.137. The maximum atomic E-state index is 13.2. The number of nitrogens with zero attached hydrogens (tertiary/aromatic N) is 2. The molecule has 1 aliphatic rings. The molecule has 3 rings (SSSR count). The van der Waals surface area contributed by atoms with Gasteiger partial charge in [-0.15, -0.1) is 0 Å². The number of anilines is 2. The largest absolute Gasteiger partial charge is 0.417 e. The Balaban J connectivity index is 1.96. The van der Waals surface area contributed by atoms with Crippen LogP contribution in [0.3, 0.4) is 0 Å². The first kappa shape index (κ1) is 20.4. The molecule has 0 radical (unpaired) electrons. The van der Waals surface area contributed by atoms with E-state index in [1.54, 1.807) is 29.2 Å². The molecule has 0 aliphatic carbocycles. The lowest BCUT2D eigenvalue weighted by atomic mass is 10.1. The fourth-order valence-corrected chi connectivity index (χ4v) is 3.24. The molecule has 1 aromatic carbocycles. The third-order valence-corrected chi connectivity index (χ3v) is 4.73. The van der Waals surface area contributed by atoms with Crippen LogP contribution >= 0.6 is 11.9 Å². The molecule has 1 fully saturated rings. The van der Waals surface area contributed by atoms with Crippen LogP contribution in [0, 0.1) is 0 Å². The first-order chi connectivity index (χ1) is 13.3. The summed E-state index contributed by atoms with van der Waals surface area (Å²) in [5, 5.41) is 8.14. The highest BCUT2D eigenvalue weighted by Crippen LogP contribution is 2.32. The topological polar surface area (TPSA) is 80.5 Å². The summed E-state index contributed by atoms with van der Waals surface area (Å²) in [5.41, 5.74) is -0.692. The van der Waals surface area contributed by atoms with Crippen LogP contribution in [0.4, 0.5) is 24.7 Å². The molecule has 10 heteroatoms. The van der Waals surface area contributed by atoms with Gasteiger partial charge in [0.1, 0.15) is 5.82 Å². The van der Waals surface area contributed by atoms with Gasteiger partial charge < -0.3 is 15.0 Å². The van der Waals surface area contributed by atoms with Crippen LogP contribution in [-0.2, 0) is 10.9 Å². The first-order valence-corrected chi connectivity index (χ1v) is 9.38. The Morgan fingerprint density at radius 1 is 1.39 bits per heavy atom. The third kappa shape index (κ3) is 4.75. The van der Waals surface area contributed by atoms with Gasteiger partial charge in [0.15, 0.2) is 0 Å². The molecule has 28 heavy (non-hydrogen) atoms. The van der Waals surface area contributed by atoms with E-state index in [-0.39, 0.29) is 17.5 Å². The van der Waals surface area contributed by atoms with Gasteiger partial charge in [0.05, 0.1) is 23.8 Å². The Kier molecular flexibility index (Phi) is 6.11. The number of ether oxygens (including phenoxy) is 1. The van der Waals surface area contributed by atoms with E-state index in [0.29, 0.717) is 30.3 Å². The normalized spacial score (nSPS) is 17.5. The number of benzene rings is 1. The fourth-order valence-electron chi connectivity index (χ4n) is 2.89. The summed E-state index contributed by atoms with van der Waals surface area (Å²) in [6.07, 6.45) is -3.97. The SMILES string of the molecule is C[C@H]1CN(c2ncc(C(F)(F)F)cc2C(=O)Nc2cccc(SN)c2)CCO1. The lowest BCUT2D eigenvalue weighted by Gasteiger charge is -2.33. The Labute approximate surface area is 164 Å². The van der Waals surface area contributed by atoms with Gasteiger partial charge in [0.25, 0.3) is 5.91 Å². The summed E-state index contributed by atoms with van der Waals surface area (Å²) >= 11 is 1.00. The van der Waals surface area contributed by atoms with E-state index in [1.807, 2.05) is 6.92 Å². The second-order valence-corrected chi connectivity index (χ2v) is 7.03. The van der Waals surface area contributed by atoms with Crippen molar-refractivity contribution in [2.45, 2.75) is 24.1 Å². The number of pyridine rings is 1. The van der Waals surface area contributed by atoms with Gasteiger partial charge in [-0.3, -0.25) is 9.93 Å². The van der Waals surface area contributed by atoms with E-state index in [4.69, 9.17) is 9.88 Å². The number of halogens is 3. The minimum Gasteiger partial charge on any atom is -0.375 e. The molecule has 2 aromatic rings. The molecule has 2 heterocycles. The summed E-state index contributed by atoms with van der Waals surface area (Å²) in [6.45, 7) is 3.12. The molecule has 1 saturated heterocycles. The van der Waals surface area contributed by atoms with Gasteiger partial charge in [-0.1, -0.05) is 6.07 Å². The molecule has 1 amide bonds. The van der Waals surface area contributed by atoms with Crippen LogP contribution in [0.1, 0.15) is 22.8 Å². The van der Waals surface area contributed by atoms with Crippen molar-refractivity contribution in [3.63, 3.8) is 0 Å². The second kappa shape index (κ2) is 8.38. The van der Waals surface area contributed by atoms with E-state index < -0.39 is 17.6 Å². The Hall–Kier alpha value is -2.30. The molecule has 1 aliphatic heterocycles. The number of rotatable bonds is 4. The zero-order valence-corrected chi connectivity index (χ0v) is 15.8. The Bertz CT molecular complexity index is 863. The number of aromatic nitrogens is 1. The second-order valence-electron chi connectivity index (χ2n) is 6.32. The standard InChI is InChI=1S/C18H19F3N4O2S/c1-11-10-25(5-6-27-11)16-15(7-12(9-23-16)18(19,20)21)17(26)24-13-3-2-4-14(8-13)28-22/h2-4,7-9,11H,5-6,10,22H2,1H3,(H,24,26)/t11-/m0/s1. The molecular weight excluding hydrogens is 393 g/mol. The summed E-state index contributed by atoms with van der Waals surface area (Å²) in [5.74, 6) is -0.475. The fraction of sp³-hybridized carbons (Fsp3) is 0.333. The summed E-state index contributed by atoms with van der Waals surface area (Å²) in [7, 11) is 0. The molecule has 0 bridgehead atoms. The number of hydrogen-bond acceptors (Lipinski definition) is 6. The maximum Gasteiger partial charge on any atom is 0.417 e. The van der Waals surface area contributed by atoms with Crippen molar-refractivity contribution >= 4 is 29.4 Å². The smallest absolute Gasteiger partial charge is 0.375 e. The van der Waals surface area contributed by atoms with E-state index in [9.17, 15) is 18.0 Å². The lowest BCUT2D eigenvalue weighted by Crippen LogP contribution is -2.42. The van der Waals surface area contributed by atoms with E-state index in [1.165, 1.54) is 0 Å². The third-order valence-electron chi connectivity index (χ3n) is 4.21. The Morgan fingerprint density at radius 3 is 2.86 bits per heavy atom. The van der Waals surface area contributed by atoms with Gasteiger partial charge in [-0.2, -0.15) is 13.2 Å². The predicted octanol–water partition coefficient (Wildman–Crippen LogP) is 3.54. The summed E-state index contributed by atoms with van der Waals surface area (Å²) < 4.78 is 45.0. The summed E-state index contributed by atoms with van der Waals surface area (Å²) in [6, 6.07) is 7.56. The highest BCUT2D eigenvalue weighted by atomic mass is 32.2. The average molecular weight is 412 g/mol. The quantitative estimate of drug-likeness (QED) is 0.748. The molecule has 1 aromatic heterocycles. The van der Waals surface area contributed by atoms with E-state index in [0.717, 1.165) is 24.2 Å². The number of carbonyl (C=O) groups excluding carboxylic acids is 1. The molecule has 3 N–H and O–H groups in total. The van der Waals surface area contributed by atoms with Crippen LogP contribution in [0.5, 0.6) is 0 Å². The van der Waals surface area contributed by atoms with Crippen LogP contribution in [-0.4, -0.2) is 36.7 Å². The number of carbonyl (C=O) groups is 1. The van der Waals surface area contributed by atoms with E-state index >= 15 is 0 Å². The number of hydrogen-bond donors (Lipinski definition) is 2. The first-order valence-electron chi connectivity index (χ1n) is 8.50. The number of nitrogens with two attached hydrogens (primary N) is 1. The highest BCUT2D eigenvalue weighted by molar-refractivity contribution is 7.97. The van der Waals surface area contributed by atoms with Gasteiger partial charge >= 0.3 is 6.18 Å². The predicted molar refractivity (Wildman–Crippen MR) is 101 cm³/mol. The van der Waals surface area contributed by atoms with Crippen molar-refractivity contribution in [1.82, 2.24) is 4.98 Å². The van der Waals surface area contributed by atoms with E-state index in [2.05, 4.69) is 10.3 Å². The number of alkyl halides is 3. The molecule has 150 valence electrons. The van der Waals surface area contributed by atoms with Crippen molar-refractivity contribution in [2.75, 3.05) is 29.9 Å². The minimum atomic E-state index is -4.60. The zero-order chi connectivity index (χ0) is 20.3. The maximum absolute atomic E-state index is 13.2. The monoisotopic (exact) mass is 412 g/mol. The van der Waals surface area contributed by atoms with Gasteiger partial charge in [0.2, 0.25) is 0 Å². The molecule has 6 nitrogen and oxygen atoms in total. The molecule has 1 atom stereocenters. The average Bonchev–Trinajstić information content (AvgIpc) is 2.67.